The van der Waals surface area contributed by atoms with Crippen LogP contribution in [0.5, 0.6) is 0 Å². The third kappa shape index (κ3) is 9.13. The van der Waals surface area contributed by atoms with E-state index in [2.05, 4.69) is 20.9 Å². The first-order valence-electron chi connectivity index (χ1n) is 14.1. The van der Waals surface area contributed by atoms with E-state index in [0.29, 0.717) is 17.7 Å². The van der Waals surface area contributed by atoms with Crippen LogP contribution in [0.15, 0.2) is 51.5 Å². The Balaban J connectivity index is 0.000000264. The number of carbonyl (C=O) groups excluding carboxylic acids is 2. The molecule has 4 rings (SSSR count). The van der Waals surface area contributed by atoms with Crippen LogP contribution in [0.4, 0.5) is 30.7 Å². The highest BCUT2D eigenvalue weighted by atomic mass is 35.5. The molecule has 0 aliphatic rings. The predicted molar refractivity (Wildman–Crippen MR) is 159 cm³/mol. The van der Waals surface area contributed by atoms with E-state index in [9.17, 15) is 45.4 Å². The summed E-state index contributed by atoms with van der Waals surface area (Å²) in [5, 5.41) is 21.6. The van der Waals surface area contributed by atoms with Crippen molar-refractivity contribution >= 4 is 23.4 Å². The maximum atomic E-state index is 13.7. The Morgan fingerprint density at radius 3 is 1.88 bits per heavy atom. The molecule has 0 radical (unpaired) electrons. The Labute approximate surface area is 274 Å². The Morgan fingerprint density at radius 1 is 0.833 bits per heavy atom. The van der Waals surface area contributed by atoms with Gasteiger partial charge in [-0.3, -0.25) is 9.59 Å². The van der Waals surface area contributed by atoms with Gasteiger partial charge >= 0.3 is 12.4 Å². The molecule has 260 valence electrons. The second-order valence-electron chi connectivity index (χ2n) is 11.1. The minimum Gasteiger partial charge on any atom is -0.394 e. The summed E-state index contributed by atoms with van der Waals surface area (Å²) < 4.78 is 99.3. The quantitative estimate of drug-likeness (QED) is 0.160. The second kappa shape index (κ2) is 15.2. The number of nitrogens with one attached hydrogen (secondary N) is 2. The zero-order chi connectivity index (χ0) is 36.1. The number of rotatable bonds is 8. The summed E-state index contributed by atoms with van der Waals surface area (Å²) in [5.74, 6) is -2.55. The van der Waals surface area contributed by atoms with Gasteiger partial charge in [-0.25, -0.2) is 4.39 Å². The fraction of sp³-hybridized carbons (Fsp3) is 0.355. The van der Waals surface area contributed by atoms with Crippen LogP contribution < -0.4 is 10.6 Å². The Bertz CT molecular complexity index is 1730. The monoisotopic (exact) mass is 706 g/mol. The molecule has 0 aliphatic heterocycles. The first-order valence-corrected chi connectivity index (χ1v) is 14.5. The summed E-state index contributed by atoms with van der Waals surface area (Å²) in [6, 6.07) is 5.95. The molecule has 2 aromatic heterocycles. The zero-order valence-electron chi connectivity index (χ0n) is 26.0. The van der Waals surface area contributed by atoms with Crippen molar-refractivity contribution in [1.82, 2.24) is 20.9 Å². The fourth-order valence-electron chi connectivity index (χ4n) is 4.10. The molecule has 3 N–H and O–H groups in total. The van der Waals surface area contributed by atoms with Crippen LogP contribution in [0.1, 0.15) is 65.4 Å². The van der Waals surface area contributed by atoms with Crippen LogP contribution >= 0.6 is 11.6 Å². The van der Waals surface area contributed by atoms with Crippen molar-refractivity contribution < 1.29 is 54.5 Å². The van der Waals surface area contributed by atoms with Gasteiger partial charge in [-0.05, 0) is 51.0 Å². The van der Waals surface area contributed by atoms with Crippen molar-refractivity contribution in [2.75, 3.05) is 6.61 Å². The molecule has 17 heteroatoms. The molecule has 0 saturated carbocycles. The molecule has 2 aromatic carbocycles. The number of carbonyl (C=O) groups is 2. The molecule has 48 heavy (non-hydrogen) atoms. The van der Waals surface area contributed by atoms with E-state index in [0.717, 1.165) is 18.2 Å². The van der Waals surface area contributed by atoms with E-state index in [1.807, 2.05) is 13.8 Å². The number of halogens is 8. The molecule has 0 bridgehead atoms. The molecule has 4 aromatic rings. The first kappa shape index (κ1) is 38.0. The van der Waals surface area contributed by atoms with E-state index in [1.54, 1.807) is 13.8 Å². The molecule has 0 unspecified atom stereocenters. The van der Waals surface area contributed by atoms with Gasteiger partial charge in [-0.15, -0.1) is 0 Å². The summed E-state index contributed by atoms with van der Waals surface area (Å²) in [7, 11) is 0. The average Bonchev–Trinajstić information content (AvgIpc) is 3.56. The maximum Gasteiger partial charge on any atom is 0.419 e. The molecule has 0 spiro atoms. The van der Waals surface area contributed by atoms with Crippen molar-refractivity contribution in [1.29, 1.82) is 0 Å². The molecular formula is C31H30ClF7N4O5. The van der Waals surface area contributed by atoms with Gasteiger partial charge in [0.25, 0.3) is 11.8 Å². The lowest BCUT2D eigenvalue weighted by molar-refractivity contribution is -0.140. The number of aliphatic hydroxyl groups excluding tert-OH is 1. The molecular weight excluding hydrogens is 677 g/mol. The highest BCUT2D eigenvalue weighted by Crippen LogP contribution is 2.36. The van der Waals surface area contributed by atoms with Crippen LogP contribution in [-0.2, 0) is 12.4 Å². The van der Waals surface area contributed by atoms with Crippen molar-refractivity contribution in [2.24, 2.45) is 5.92 Å². The predicted octanol–water partition coefficient (Wildman–Crippen LogP) is 7.71. The lowest BCUT2D eigenvalue weighted by Crippen LogP contribution is -2.41. The van der Waals surface area contributed by atoms with Gasteiger partial charge in [-0.2, -0.15) is 26.3 Å². The maximum absolute atomic E-state index is 13.7. The Hall–Kier alpha value is -4.44. The van der Waals surface area contributed by atoms with Gasteiger partial charge in [0.2, 0.25) is 0 Å². The Kier molecular flexibility index (Phi) is 12.0. The highest BCUT2D eigenvalue weighted by Gasteiger charge is 2.35. The van der Waals surface area contributed by atoms with E-state index in [-0.39, 0.29) is 57.6 Å². The molecule has 9 nitrogen and oxygen atoms in total. The van der Waals surface area contributed by atoms with Crippen molar-refractivity contribution in [3.8, 4) is 22.6 Å². The topological polar surface area (TPSA) is 130 Å². The van der Waals surface area contributed by atoms with Crippen molar-refractivity contribution in [2.45, 2.75) is 59.1 Å². The van der Waals surface area contributed by atoms with Crippen LogP contribution in [-0.4, -0.2) is 45.9 Å². The van der Waals surface area contributed by atoms with Gasteiger partial charge < -0.3 is 24.8 Å². The van der Waals surface area contributed by atoms with Gasteiger partial charge in [0, 0.05) is 22.7 Å². The van der Waals surface area contributed by atoms with Gasteiger partial charge in [0.05, 0.1) is 23.8 Å². The number of hydrogen-bond acceptors (Lipinski definition) is 7. The third-order valence-electron chi connectivity index (χ3n) is 6.74. The number of benzene rings is 2. The zero-order valence-corrected chi connectivity index (χ0v) is 26.7. The third-order valence-corrected chi connectivity index (χ3v) is 7.09. The van der Waals surface area contributed by atoms with Crippen molar-refractivity contribution in [3.63, 3.8) is 0 Å². The summed E-state index contributed by atoms with van der Waals surface area (Å²) in [6.45, 7) is 8.38. The summed E-state index contributed by atoms with van der Waals surface area (Å²) in [6.07, 6.45) is -9.23. The van der Waals surface area contributed by atoms with Crippen molar-refractivity contribution in [3.05, 3.63) is 81.4 Å². The number of amides is 2. The molecule has 1 atom stereocenters. The normalized spacial score (nSPS) is 12.5. The number of aromatic nitrogens is 2. The summed E-state index contributed by atoms with van der Waals surface area (Å²) in [5.41, 5.74) is -1.79. The molecule has 0 aliphatic carbocycles. The van der Waals surface area contributed by atoms with Crippen LogP contribution in [0.3, 0.4) is 0 Å². The average molecular weight is 707 g/mol. The molecule has 2 amide bonds. The fourth-order valence-corrected chi connectivity index (χ4v) is 4.37. The minimum absolute atomic E-state index is 0.00660. The molecule has 0 saturated heterocycles. The Morgan fingerprint density at radius 2 is 1.38 bits per heavy atom. The van der Waals surface area contributed by atoms with Crippen LogP contribution in [0, 0.1) is 18.7 Å². The first-order chi connectivity index (χ1) is 22.3. The lowest BCUT2D eigenvalue weighted by atomic mass is 10.0. The van der Waals surface area contributed by atoms with Gasteiger partial charge in [-0.1, -0.05) is 54.0 Å². The number of aliphatic hydroxyl groups is 1. The van der Waals surface area contributed by atoms with Gasteiger partial charge in [0.1, 0.15) is 10.8 Å². The summed E-state index contributed by atoms with van der Waals surface area (Å²) in [4.78, 5) is 24.1. The number of alkyl halides is 6. The SMILES string of the molecule is CC(C)NC(=O)c1noc(-c2ccc(C(F)(F)F)cc2)c1Cl.Cc1c(C(=O)N[C@@H](CO)C(C)C)noc1-c1ccc(C(F)(F)F)c(F)c1. The highest BCUT2D eigenvalue weighted by molar-refractivity contribution is 6.35. The second-order valence-corrected chi connectivity index (χ2v) is 11.4. The van der Waals surface area contributed by atoms with Gasteiger partial charge in [0.15, 0.2) is 22.9 Å². The molecule has 2 heterocycles. The number of hydrogen-bond donors (Lipinski definition) is 3. The minimum atomic E-state index is -4.81. The van der Waals surface area contributed by atoms with E-state index >= 15 is 0 Å². The molecule has 0 fully saturated rings. The lowest BCUT2D eigenvalue weighted by Gasteiger charge is -2.19. The van der Waals surface area contributed by atoms with Crippen LogP contribution in [0.25, 0.3) is 22.6 Å². The van der Waals surface area contributed by atoms with E-state index in [4.69, 9.17) is 20.6 Å². The van der Waals surface area contributed by atoms with Crippen LogP contribution in [0.2, 0.25) is 5.02 Å². The smallest absolute Gasteiger partial charge is 0.394 e. The van der Waals surface area contributed by atoms with E-state index in [1.165, 1.54) is 19.1 Å². The summed E-state index contributed by atoms with van der Waals surface area (Å²) >= 11 is 6.03. The largest absolute Gasteiger partial charge is 0.419 e. The van der Waals surface area contributed by atoms with E-state index < -0.39 is 47.2 Å². The standard InChI is InChI=1S/C17H18F4N2O3.C14H12ClF3N2O2/c1-8(2)13(7-24)22-16(25)14-9(3)15(26-23-14)10-4-5-11(12(18)6-10)17(19,20)21;1-7(2)19-13(21)11-10(15)12(22-20-11)8-3-5-9(6-4-8)14(16,17)18/h4-6,8,13,24H,7H2,1-3H3,(H,22,25);3-7H,1-2H3,(H,19,21)/t13-;/m0./s1. The number of nitrogens with zero attached hydrogens (tertiary/aromatic N) is 2.